The average Bonchev–Trinajstić information content (AvgIpc) is 2.96. The fraction of sp³-hybridized carbons (Fsp3) is 0.667. The van der Waals surface area contributed by atoms with Gasteiger partial charge in [-0.15, -0.1) is 0 Å². The van der Waals surface area contributed by atoms with Gasteiger partial charge >= 0.3 is 0 Å². The Labute approximate surface area is 129 Å². The highest BCUT2D eigenvalue weighted by Gasteiger charge is 2.31. The van der Waals surface area contributed by atoms with Gasteiger partial charge in [-0.05, 0) is 32.6 Å². The molecule has 120 valence electrons. The lowest BCUT2D eigenvalue weighted by atomic mass is 10.1. The molecular weight excluding hydrogens is 282 g/mol. The third-order valence-electron chi connectivity index (χ3n) is 4.77. The molecule has 22 heavy (non-hydrogen) atoms. The van der Waals surface area contributed by atoms with Crippen LogP contribution in [0.15, 0.2) is 4.79 Å². The molecule has 2 fully saturated rings. The molecule has 1 saturated heterocycles. The molecule has 1 atom stereocenters. The van der Waals surface area contributed by atoms with Crippen LogP contribution in [0.4, 0.5) is 5.82 Å². The summed E-state index contributed by atoms with van der Waals surface area (Å²) < 4.78 is 0. The van der Waals surface area contributed by atoms with E-state index in [9.17, 15) is 9.90 Å². The number of aromatic nitrogens is 2. The maximum atomic E-state index is 12.2. The van der Waals surface area contributed by atoms with E-state index in [0.717, 1.165) is 19.1 Å². The quantitative estimate of drug-likeness (QED) is 0.557. The van der Waals surface area contributed by atoms with Crippen molar-refractivity contribution in [2.75, 3.05) is 13.1 Å². The van der Waals surface area contributed by atoms with Crippen molar-refractivity contribution < 1.29 is 10.4 Å². The Bertz CT molecular complexity index is 602. The second-order valence-electron chi connectivity index (χ2n) is 6.39. The highest BCUT2D eigenvalue weighted by Crippen LogP contribution is 2.23. The monoisotopic (exact) mass is 306 g/mol. The first kappa shape index (κ1) is 15.3. The summed E-state index contributed by atoms with van der Waals surface area (Å²) in [7, 11) is 0. The molecule has 1 saturated carbocycles. The van der Waals surface area contributed by atoms with Crippen molar-refractivity contribution in [3.05, 3.63) is 21.7 Å². The molecule has 0 bridgehead atoms. The van der Waals surface area contributed by atoms with E-state index in [2.05, 4.69) is 20.2 Å². The van der Waals surface area contributed by atoms with Crippen molar-refractivity contribution in [2.45, 2.75) is 50.8 Å². The molecule has 5 N–H and O–H groups in total. The minimum Gasteiger partial charge on any atom is -0.390 e. The number of hydrogen-bond acceptors (Lipinski definition) is 5. The summed E-state index contributed by atoms with van der Waals surface area (Å²) in [6, 6.07) is 0.425. The highest BCUT2D eigenvalue weighted by atomic mass is 16.3. The van der Waals surface area contributed by atoms with E-state index in [4.69, 9.17) is 5.41 Å². The molecule has 1 aromatic heterocycles. The third kappa shape index (κ3) is 2.97. The second kappa shape index (κ2) is 6.28. The summed E-state index contributed by atoms with van der Waals surface area (Å²) in [4.78, 5) is 21.7. The van der Waals surface area contributed by atoms with Gasteiger partial charge in [-0.3, -0.25) is 15.0 Å². The normalized spacial score (nSPS) is 21.7. The maximum absolute atomic E-state index is 12.2. The Kier molecular flexibility index (Phi) is 4.37. The van der Waals surface area contributed by atoms with Gasteiger partial charge in [0.25, 0.3) is 5.56 Å². The third-order valence-corrected chi connectivity index (χ3v) is 4.77. The molecule has 2 heterocycles. The lowest BCUT2D eigenvalue weighted by Crippen LogP contribution is -2.85. The van der Waals surface area contributed by atoms with Crippen LogP contribution in [0.1, 0.15) is 50.0 Å². The van der Waals surface area contributed by atoms with Crippen LogP contribution in [0.2, 0.25) is 0 Å². The fourth-order valence-electron chi connectivity index (χ4n) is 3.31. The predicted molar refractivity (Wildman–Crippen MR) is 82.6 cm³/mol. The van der Waals surface area contributed by atoms with Crippen LogP contribution in [-0.2, 0) is 0 Å². The van der Waals surface area contributed by atoms with Crippen molar-refractivity contribution in [2.24, 2.45) is 0 Å². The number of nitrogens with zero attached hydrogens (tertiary/aromatic N) is 2. The number of aliphatic hydroxyl groups excluding tert-OH is 1. The number of H-pyrrole nitrogens is 1. The van der Waals surface area contributed by atoms with E-state index in [1.807, 2.05) is 6.92 Å². The van der Waals surface area contributed by atoms with Gasteiger partial charge in [0.1, 0.15) is 11.4 Å². The van der Waals surface area contributed by atoms with Gasteiger partial charge < -0.3 is 15.5 Å². The number of rotatable bonds is 5. The number of β-amino-alcohol motifs (C(OH)–C–C–N with tert-alkyl or cyclic N) is 1. The molecule has 0 spiro atoms. The van der Waals surface area contributed by atoms with E-state index in [0.29, 0.717) is 36.3 Å². The van der Waals surface area contributed by atoms with Crippen LogP contribution in [0, 0.1) is 5.41 Å². The number of quaternary nitrogens is 1. The van der Waals surface area contributed by atoms with Gasteiger partial charge in [0, 0.05) is 19.3 Å². The number of aliphatic hydroxyl groups is 1. The van der Waals surface area contributed by atoms with Crippen LogP contribution < -0.4 is 10.9 Å². The lowest BCUT2D eigenvalue weighted by Gasteiger charge is -2.39. The zero-order valence-electron chi connectivity index (χ0n) is 12.9. The van der Waals surface area contributed by atoms with Crippen molar-refractivity contribution in [3.63, 3.8) is 0 Å². The molecule has 1 aliphatic heterocycles. The van der Waals surface area contributed by atoms with E-state index in [-0.39, 0.29) is 17.7 Å². The van der Waals surface area contributed by atoms with Crippen LogP contribution in [0.25, 0.3) is 0 Å². The van der Waals surface area contributed by atoms with Crippen molar-refractivity contribution in [1.82, 2.24) is 14.9 Å². The highest BCUT2D eigenvalue weighted by molar-refractivity contribution is 5.80. The summed E-state index contributed by atoms with van der Waals surface area (Å²) in [6.07, 6.45) is 5.52. The minimum absolute atomic E-state index is 0.0355. The summed E-state index contributed by atoms with van der Waals surface area (Å²) in [5.41, 5.74) is 0.0867. The zero-order chi connectivity index (χ0) is 15.7. The molecule has 7 nitrogen and oxygen atoms in total. The molecule has 3 rings (SSSR count). The molecule has 2 aliphatic rings. The molecule has 7 heteroatoms. The fourth-order valence-corrected chi connectivity index (χ4v) is 3.31. The molecule has 0 unspecified atom stereocenters. The van der Waals surface area contributed by atoms with Gasteiger partial charge in [0.15, 0.2) is 0 Å². The van der Waals surface area contributed by atoms with Crippen molar-refractivity contribution >= 4 is 12.0 Å². The van der Waals surface area contributed by atoms with Gasteiger partial charge in [0.2, 0.25) is 5.82 Å². The Morgan fingerprint density at radius 3 is 2.73 bits per heavy atom. The summed E-state index contributed by atoms with van der Waals surface area (Å²) in [5.74, 6) is 1.25. The first-order valence-corrected chi connectivity index (χ1v) is 8.00. The Morgan fingerprint density at radius 2 is 2.14 bits per heavy atom. The number of hydrogen-bond donors (Lipinski definition) is 4. The summed E-state index contributed by atoms with van der Waals surface area (Å²) in [5, 5.41) is 19.0. The second-order valence-corrected chi connectivity index (χ2v) is 6.39. The lowest BCUT2D eigenvalue weighted by molar-refractivity contribution is -0.613. The topological polar surface area (TPSA) is 110 Å². The van der Waals surface area contributed by atoms with Crippen molar-refractivity contribution in [1.29, 1.82) is 5.41 Å². The van der Waals surface area contributed by atoms with Crippen molar-refractivity contribution in [3.8, 4) is 0 Å². The Balaban J connectivity index is 1.86. The van der Waals surface area contributed by atoms with E-state index < -0.39 is 0 Å². The van der Waals surface area contributed by atoms with Gasteiger partial charge in [-0.2, -0.15) is 4.98 Å². The summed E-state index contributed by atoms with van der Waals surface area (Å²) in [6.45, 7) is 3.20. The molecule has 0 radical (unpaired) electrons. The number of nitrogens with one attached hydrogen (secondary N) is 2. The number of nitrogens with two attached hydrogens (primary N) is 1. The van der Waals surface area contributed by atoms with Gasteiger partial charge in [-0.1, -0.05) is 0 Å². The first-order chi connectivity index (χ1) is 10.6. The molecule has 0 amide bonds. The summed E-state index contributed by atoms with van der Waals surface area (Å²) >= 11 is 0. The predicted octanol–water partition coefficient (Wildman–Crippen LogP) is -0.357. The molecule has 0 aromatic carbocycles. The molecule has 1 aliphatic carbocycles. The number of likely N-dealkylation sites (tertiary alicyclic amines) is 1. The van der Waals surface area contributed by atoms with Crippen LogP contribution in [-0.4, -0.2) is 51.4 Å². The minimum atomic E-state index is -0.278. The van der Waals surface area contributed by atoms with Gasteiger partial charge in [0.05, 0.1) is 18.2 Å². The van der Waals surface area contributed by atoms with Crippen LogP contribution in [0.3, 0.4) is 0 Å². The largest absolute Gasteiger partial charge is 0.390 e. The molecule has 1 aromatic rings. The van der Waals surface area contributed by atoms with Crippen LogP contribution >= 0.6 is 0 Å². The average molecular weight is 306 g/mol. The molecular formula is C15H24N5O2+. The van der Waals surface area contributed by atoms with Crippen LogP contribution in [0.5, 0.6) is 0 Å². The Morgan fingerprint density at radius 1 is 1.45 bits per heavy atom. The van der Waals surface area contributed by atoms with Gasteiger partial charge in [-0.25, -0.2) is 0 Å². The smallest absolute Gasteiger partial charge is 0.266 e. The number of aromatic amines is 1. The first-order valence-electron chi connectivity index (χ1n) is 8.00. The maximum Gasteiger partial charge on any atom is 0.266 e. The van der Waals surface area contributed by atoms with E-state index in [1.165, 1.54) is 12.8 Å². The zero-order valence-corrected chi connectivity index (χ0v) is 12.9. The standard InChI is InChI=1S/C15H23N5O2/c1-9(20-7-11(21)8-20)13-18-14(12(6-16)15(22)19-13)17-10-4-2-3-5-10/h6,9-11,16,21H,2-5,7-8H2,1H3,(H2,17,18,19,22)/p+1/t9-/m1/s1. The van der Waals surface area contributed by atoms with E-state index in [1.54, 1.807) is 0 Å². The van der Waals surface area contributed by atoms with E-state index >= 15 is 0 Å². The Hall–Kier alpha value is -1.57. The SMILES string of the molecule is C[C@H](c1nc([NH2+]C2CCCC2)c(C=N)c(=O)[nH]1)N1CC(O)C1.